The van der Waals surface area contributed by atoms with E-state index in [2.05, 4.69) is 5.32 Å². The number of hydrogen-bond donors (Lipinski definition) is 3. The first-order valence-electron chi connectivity index (χ1n) is 8.76. The molecule has 146 valence electrons. The highest BCUT2D eigenvalue weighted by Crippen LogP contribution is 2.19. The Labute approximate surface area is 160 Å². The van der Waals surface area contributed by atoms with Crippen molar-refractivity contribution in [3.05, 3.63) is 35.9 Å². The van der Waals surface area contributed by atoms with Gasteiger partial charge in [-0.1, -0.05) is 44.2 Å². The van der Waals surface area contributed by atoms with Crippen LogP contribution in [0.5, 0.6) is 0 Å². The fourth-order valence-corrected chi connectivity index (χ4v) is 2.59. The summed E-state index contributed by atoms with van der Waals surface area (Å²) in [4.78, 5) is 25.5. The van der Waals surface area contributed by atoms with Crippen LogP contribution in [0.3, 0.4) is 0 Å². The van der Waals surface area contributed by atoms with Crippen LogP contribution in [0.1, 0.15) is 25.8 Å². The molecule has 3 N–H and O–H groups in total. The molecule has 0 aromatic heterocycles. The summed E-state index contributed by atoms with van der Waals surface area (Å²) in [6.45, 7) is 3.97. The molecule has 7 heteroatoms. The van der Waals surface area contributed by atoms with Crippen LogP contribution in [-0.4, -0.2) is 65.2 Å². The van der Waals surface area contributed by atoms with Crippen molar-refractivity contribution in [1.82, 2.24) is 10.2 Å². The lowest BCUT2D eigenvalue weighted by Crippen LogP contribution is -2.48. The molecule has 0 radical (unpaired) electrons. The number of benzene rings is 1. The van der Waals surface area contributed by atoms with Crippen molar-refractivity contribution >= 4 is 23.4 Å². The summed E-state index contributed by atoms with van der Waals surface area (Å²) in [5.41, 5.74) is 0.277. The van der Waals surface area contributed by atoms with Crippen molar-refractivity contribution in [2.24, 2.45) is 5.41 Å². The molecule has 1 aromatic carbocycles. The van der Waals surface area contributed by atoms with E-state index in [9.17, 15) is 19.8 Å². The first-order chi connectivity index (χ1) is 12.3. The summed E-state index contributed by atoms with van der Waals surface area (Å²) in [5.74, 6) is -0.865. The van der Waals surface area contributed by atoms with Gasteiger partial charge in [0.25, 0.3) is 0 Å². The van der Waals surface area contributed by atoms with E-state index in [1.807, 2.05) is 30.3 Å². The number of aryl methyl sites for hydroxylation is 1. The Morgan fingerprint density at radius 1 is 1.23 bits per heavy atom. The van der Waals surface area contributed by atoms with Crippen molar-refractivity contribution in [1.29, 1.82) is 0 Å². The van der Waals surface area contributed by atoms with Crippen LogP contribution in [0.2, 0.25) is 0 Å². The molecule has 26 heavy (non-hydrogen) atoms. The Kier molecular flexibility index (Phi) is 9.62. The molecule has 0 fully saturated rings. The molecule has 1 atom stereocenters. The third-order valence-corrected chi connectivity index (χ3v) is 4.51. The fraction of sp³-hybridized carbons (Fsp3) is 0.579. The van der Waals surface area contributed by atoms with Gasteiger partial charge in [-0.2, -0.15) is 0 Å². The summed E-state index contributed by atoms with van der Waals surface area (Å²) in [6, 6.07) is 10.00. The van der Waals surface area contributed by atoms with Crippen LogP contribution in [0.25, 0.3) is 0 Å². The number of hydrogen-bond acceptors (Lipinski definition) is 4. The molecule has 0 saturated heterocycles. The van der Waals surface area contributed by atoms with Gasteiger partial charge in [-0.25, -0.2) is 0 Å². The maximum absolute atomic E-state index is 12.0. The SMILES string of the molecule is CC(C)(CO)[C@@H](O)C(=O)NCCN(CCCc1ccccc1)C(=O)CCl. The monoisotopic (exact) mass is 384 g/mol. The molecule has 0 aliphatic heterocycles. The van der Waals surface area contributed by atoms with E-state index in [1.54, 1.807) is 18.7 Å². The zero-order valence-electron chi connectivity index (χ0n) is 15.4. The molecule has 0 heterocycles. The van der Waals surface area contributed by atoms with Gasteiger partial charge < -0.3 is 20.4 Å². The van der Waals surface area contributed by atoms with Crippen LogP contribution in [0.4, 0.5) is 0 Å². The number of carbonyl (C=O) groups excluding carboxylic acids is 2. The summed E-state index contributed by atoms with van der Waals surface area (Å²) >= 11 is 5.67. The zero-order valence-corrected chi connectivity index (χ0v) is 16.2. The van der Waals surface area contributed by atoms with Gasteiger partial charge >= 0.3 is 0 Å². The van der Waals surface area contributed by atoms with Crippen molar-refractivity contribution in [3.8, 4) is 0 Å². The molecule has 0 unspecified atom stereocenters. The fourth-order valence-electron chi connectivity index (χ4n) is 2.42. The second-order valence-electron chi connectivity index (χ2n) is 6.94. The van der Waals surface area contributed by atoms with Crippen LogP contribution in [0.15, 0.2) is 30.3 Å². The number of carbonyl (C=O) groups is 2. The lowest BCUT2D eigenvalue weighted by molar-refractivity contribution is -0.137. The van der Waals surface area contributed by atoms with E-state index in [0.717, 1.165) is 12.8 Å². The Morgan fingerprint density at radius 3 is 2.46 bits per heavy atom. The van der Waals surface area contributed by atoms with Gasteiger partial charge in [-0.05, 0) is 18.4 Å². The normalized spacial score (nSPS) is 12.5. The number of nitrogens with one attached hydrogen (secondary N) is 1. The molecule has 2 amide bonds. The second-order valence-corrected chi connectivity index (χ2v) is 7.21. The number of halogens is 1. The van der Waals surface area contributed by atoms with Gasteiger partial charge in [0, 0.05) is 25.0 Å². The molecular formula is C19H29ClN2O4. The van der Waals surface area contributed by atoms with E-state index in [-0.39, 0.29) is 24.9 Å². The maximum Gasteiger partial charge on any atom is 0.249 e. The third-order valence-electron chi connectivity index (χ3n) is 4.28. The average molecular weight is 385 g/mol. The molecule has 0 spiro atoms. The van der Waals surface area contributed by atoms with E-state index < -0.39 is 17.4 Å². The molecule has 1 rings (SSSR count). The predicted molar refractivity (Wildman–Crippen MR) is 102 cm³/mol. The van der Waals surface area contributed by atoms with Crippen molar-refractivity contribution in [2.45, 2.75) is 32.8 Å². The highest BCUT2D eigenvalue weighted by Gasteiger charge is 2.32. The van der Waals surface area contributed by atoms with Crippen LogP contribution < -0.4 is 5.32 Å². The van der Waals surface area contributed by atoms with Gasteiger partial charge in [-0.15, -0.1) is 11.6 Å². The first-order valence-corrected chi connectivity index (χ1v) is 9.29. The molecule has 0 bridgehead atoms. The van der Waals surface area contributed by atoms with Gasteiger partial charge in [0.05, 0.1) is 6.61 Å². The number of alkyl halides is 1. The van der Waals surface area contributed by atoms with Crippen molar-refractivity contribution in [2.75, 3.05) is 32.1 Å². The minimum absolute atomic E-state index is 0.112. The number of nitrogens with zero attached hydrogens (tertiary/aromatic N) is 1. The number of amides is 2. The van der Waals surface area contributed by atoms with E-state index in [1.165, 1.54) is 5.56 Å². The zero-order chi connectivity index (χ0) is 19.6. The van der Waals surface area contributed by atoms with Crippen molar-refractivity contribution in [3.63, 3.8) is 0 Å². The number of aliphatic hydroxyl groups excluding tert-OH is 2. The highest BCUT2D eigenvalue weighted by molar-refractivity contribution is 6.27. The van der Waals surface area contributed by atoms with Crippen LogP contribution in [0, 0.1) is 5.41 Å². The number of rotatable bonds is 11. The van der Waals surface area contributed by atoms with Crippen molar-refractivity contribution < 1.29 is 19.8 Å². The smallest absolute Gasteiger partial charge is 0.249 e. The molecular weight excluding hydrogens is 356 g/mol. The molecule has 1 aromatic rings. The van der Waals surface area contributed by atoms with Gasteiger partial charge in [0.1, 0.15) is 12.0 Å². The number of aliphatic hydroxyl groups is 2. The average Bonchev–Trinajstić information content (AvgIpc) is 2.66. The Balaban J connectivity index is 2.45. The Bertz CT molecular complexity index is 566. The van der Waals surface area contributed by atoms with Gasteiger partial charge in [0.2, 0.25) is 11.8 Å². The lowest BCUT2D eigenvalue weighted by atomic mass is 9.87. The molecule has 0 saturated carbocycles. The topological polar surface area (TPSA) is 89.9 Å². The van der Waals surface area contributed by atoms with Crippen LogP contribution >= 0.6 is 11.6 Å². The third kappa shape index (κ3) is 7.32. The van der Waals surface area contributed by atoms with E-state index in [4.69, 9.17) is 11.6 Å². The summed E-state index contributed by atoms with van der Waals surface area (Å²) in [7, 11) is 0. The largest absolute Gasteiger partial charge is 0.396 e. The standard InChI is InChI=1S/C19H29ClN2O4/c1-19(2,14-23)17(25)18(26)21-10-12-22(16(24)13-20)11-6-9-15-7-4-3-5-8-15/h3-5,7-8,17,23,25H,6,9-14H2,1-2H3,(H,21,26)/t17-/m0/s1. The van der Waals surface area contributed by atoms with Gasteiger partial charge in [-0.3, -0.25) is 9.59 Å². The molecule has 6 nitrogen and oxygen atoms in total. The Hall–Kier alpha value is -1.63. The van der Waals surface area contributed by atoms with Gasteiger partial charge in [0.15, 0.2) is 0 Å². The van der Waals surface area contributed by atoms with Crippen LogP contribution in [-0.2, 0) is 16.0 Å². The first kappa shape index (κ1) is 22.4. The Morgan fingerprint density at radius 2 is 1.88 bits per heavy atom. The molecule has 0 aliphatic rings. The summed E-state index contributed by atoms with van der Waals surface area (Å²) in [5, 5.41) is 21.8. The maximum atomic E-state index is 12.0. The highest BCUT2D eigenvalue weighted by atomic mass is 35.5. The summed E-state index contributed by atoms with van der Waals surface area (Å²) < 4.78 is 0. The minimum atomic E-state index is -1.32. The molecule has 0 aliphatic carbocycles. The van der Waals surface area contributed by atoms with E-state index >= 15 is 0 Å². The second kappa shape index (κ2) is 11.2. The minimum Gasteiger partial charge on any atom is -0.396 e. The quantitative estimate of drug-likeness (QED) is 0.500. The predicted octanol–water partition coefficient (Wildman–Crippen LogP) is 1.18. The summed E-state index contributed by atoms with van der Waals surface area (Å²) in [6.07, 6.45) is 0.325. The van der Waals surface area contributed by atoms with E-state index in [0.29, 0.717) is 13.1 Å². The lowest BCUT2D eigenvalue weighted by Gasteiger charge is -2.28.